The third-order valence-electron chi connectivity index (χ3n) is 1.33. The molecule has 0 fully saturated rings. The minimum Gasteiger partial charge on any atom is -0.449 e. The van der Waals surface area contributed by atoms with E-state index in [2.05, 4.69) is 9.47 Å². The van der Waals surface area contributed by atoms with Crippen molar-refractivity contribution >= 4 is 23.5 Å². The Morgan fingerprint density at radius 3 is 1.80 bits per heavy atom. The molecule has 0 saturated carbocycles. The summed E-state index contributed by atoms with van der Waals surface area (Å²) < 4.78 is 8.57. The zero-order valence-electron chi connectivity index (χ0n) is 8.57. The lowest BCUT2D eigenvalue weighted by Gasteiger charge is -2.02. The molecule has 0 aliphatic rings. The molecule has 0 amide bonds. The first-order valence-electron chi connectivity index (χ1n) is 4.32. The van der Waals surface area contributed by atoms with Gasteiger partial charge in [0, 0.05) is 6.42 Å². The highest BCUT2D eigenvalue weighted by molar-refractivity contribution is 6.30. The van der Waals surface area contributed by atoms with Gasteiger partial charge in [-0.3, -0.25) is 9.59 Å². The number of hydrogen-bond acceptors (Lipinski definition) is 6. The highest BCUT2D eigenvalue weighted by Crippen LogP contribution is 1.88. The second kappa shape index (κ2) is 6.69. The second-order valence-electron chi connectivity index (χ2n) is 2.75. The third kappa shape index (κ3) is 6.36. The number of ketones is 2. The Labute approximate surface area is 86.5 Å². The van der Waals surface area contributed by atoms with E-state index in [-0.39, 0.29) is 18.0 Å². The molecule has 0 spiro atoms. The van der Waals surface area contributed by atoms with Gasteiger partial charge in [-0.05, 0) is 6.92 Å². The summed E-state index contributed by atoms with van der Waals surface area (Å²) in [7, 11) is 0. The van der Waals surface area contributed by atoms with Crippen molar-refractivity contribution in [2.24, 2.45) is 0 Å². The maximum absolute atomic E-state index is 10.8. The van der Waals surface area contributed by atoms with Crippen LogP contribution in [0.1, 0.15) is 20.3 Å². The number of esters is 2. The van der Waals surface area contributed by atoms with E-state index in [1.54, 1.807) is 6.92 Å². The predicted octanol–water partition coefficient (Wildman–Crippen LogP) is -0.359. The Bertz CT molecular complexity index is 280. The molecule has 84 valence electrons. The summed E-state index contributed by atoms with van der Waals surface area (Å²) in [5.74, 6) is -3.23. The van der Waals surface area contributed by atoms with Gasteiger partial charge in [0.2, 0.25) is 0 Å². The van der Waals surface area contributed by atoms with Gasteiger partial charge in [0.25, 0.3) is 0 Å². The van der Waals surface area contributed by atoms with Crippen LogP contribution < -0.4 is 0 Å². The molecule has 0 aromatic heterocycles. The first-order valence-corrected chi connectivity index (χ1v) is 4.32. The van der Waals surface area contributed by atoms with Crippen LogP contribution in [0.25, 0.3) is 0 Å². The molecule has 0 aromatic carbocycles. The maximum Gasteiger partial charge on any atom is 0.417 e. The van der Waals surface area contributed by atoms with Gasteiger partial charge in [0.05, 0.1) is 0 Å². The molecule has 0 aliphatic heterocycles. The zero-order valence-corrected chi connectivity index (χ0v) is 8.57. The highest BCUT2D eigenvalue weighted by atomic mass is 16.6. The van der Waals surface area contributed by atoms with Crippen LogP contribution in [0, 0.1) is 0 Å². The van der Waals surface area contributed by atoms with Crippen molar-refractivity contribution in [3.8, 4) is 0 Å². The molecule has 6 nitrogen and oxygen atoms in total. The molecular formula is C9H12O6. The fourth-order valence-corrected chi connectivity index (χ4v) is 0.533. The van der Waals surface area contributed by atoms with Gasteiger partial charge in [-0.1, -0.05) is 6.92 Å². The molecule has 0 bridgehead atoms. The summed E-state index contributed by atoms with van der Waals surface area (Å²) in [5, 5.41) is 0. The van der Waals surface area contributed by atoms with Gasteiger partial charge in [-0.15, -0.1) is 0 Å². The molecule has 0 heterocycles. The molecule has 15 heavy (non-hydrogen) atoms. The molecule has 0 atom stereocenters. The molecule has 0 unspecified atom stereocenters. The van der Waals surface area contributed by atoms with E-state index in [9.17, 15) is 19.2 Å². The lowest BCUT2D eigenvalue weighted by atomic mass is 10.3. The average molecular weight is 216 g/mol. The Kier molecular flexibility index (Phi) is 5.92. The largest absolute Gasteiger partial charge is 0.449 e. The summed E-state index contributed by atoms with van der Waals surface area (Å²) in [4.78, 5) is 42.7. The van der Waals surface area contributed by atoms with Gasteiger partial charge in [-0.2, -0.15) is 0 Å². The fraction of sp³-hybridized carbons (Fsp3) is 0.556. The van der Waals surface area contributed by atoms with E-state index in [1.165, 1.54) is 6.92 Å². The number of carbonyl (C=O) groups excluding carboxylic acids is 4. The molecule has 0 rings (SSSR count). The first-order chi connectivity index (χ1) is 6.97. The van der Waals surface area contributed by atoms with Gasteiger partial charge in [0.15, 0.2) is 18.2 Å². The van der Waals surface area contributed by atoms with Crippen LogP contribution in [0.2, 0.25) is 0 Å². The van der Waals surface area contributed by atoms with Crippen LogP contribution >= 0.6 is 0 Å². The molecule has 0 radical (unpaired) electrons. The Hall–Kier alpha value is -1.72. The molecule has 0 saturated heterocycles. The predicted molar refractivity (Wildman–Crippen MR) is 47.9 cm³/mol. The van der Waals surface area contributed by atoms with Gasteiger partial charge < -0.3 is 9.47 Å². The molecule has 0 N–H and O–H groups in total. The van der Waals surface area contributed by atoms with Crippen molar-refractivity contribution in [3.05, 3.63) is 0 Å². The SMILES string of the molecule is CCC(=O)COC(=O)C(=O)OCC(C)=O. The van der Waals surface area contributed by atoms with Crippen molar-refractivity contribution in [2.45, 2.75) is 20.3 Å². The topological polar surface area (TPSA) is 86.7 Å². The van der Waals surface area contributed by atoms with Crippen molar-refractivity contribution in [3.63, 3.8) is 0 Å². The molecular weight excluding hydrogens is 204 g/mol. The van der Waals surface area contributed by atoms with E-state index in [1.807, 2.05) is 0 Å². The van der Waals surface area contributed by atoms with E-state index < -0.39 is 25.2 Å². The lowest BCUT2D eigenvalue weighted by molar-refractivity contribution is -0.169. The second-order valence-corrected chi connectivity index (χ2v) is 2.75. The van der Waals surface area contributed by atoms with E-state index >= 15 is 0 Å². The molecule has 0 aromatic rings. The summed E-state index contributed by atoms with van der Waals surface area (Å²) in [6.07, 6.45) is 0.218. The Morgan fingerprint density at radius 1 is 0.933 bits per heavy atom. The summed E-state index contributed by atoms with van der Waals surface area (Å²) in [6.45, 7) is 1.88. The summed E-state index contributed by atoms with van der Waals surface area (Å²) in [6, 6.07) is 0. The maximum atomic E-state index is 10.8. The van der Waals surface area contributed by atoms with Gasteiger partial charge >= 0.3 is 11.9 Å². The minimum atomic E-state index is -1.27. The number of carbonyl (C=O) groups is 4. The van der Waals surface area contributed by atoms with Gasteiger partial charge in [-0.25, -0.2) is 9.59 Å². The van der Waals surface area contributed by atoms with Crippen LogP contribution in [0.15, 0.2) is 0 Å². The van der Waals surface area contributed by atoms with Crippen LogP contribution in [0.5, 0.6) is 0 Å². The van der Waals surface area contributed by atoms with Crippen LogP contribution in [0.4, 0.5) is 0 Å². The minimum absolute atomic E-state index is 0.218. The van der Waals surface area contributed by atoms with Crippen LogP contribution in [-0.4, -0.2) is 36.7 Å². The number of Topliss-reactive ketones (excluding diaryl/α,β-unsaturated/α-hetero) is 2. The molecule has 6 heteroatoms. The lowest BCUT2D eigenvalue weighted by Crippen LogP contribution is -2.24. The number of hydrogen-bond donors (Lipinski definition) is 0. The standard InChI is InChI=1S/C9H12O6/c1-3-7(11)5-15-9(13)8(12)14-4-6(2)10/h3-5H2,1-2H3. The zero-order chi connectivity index (χ0) is 11.8. The molecule has 0 aliphatic carbocycles. The van der Waals surface area contributed by atoms with E-state index in [0.29, 0.717) is 0 Å². The number of rotatable bonds is 5. The quantitative estimate of drug-likeness (QED) is 0.460. The van der Waals surface area contributed by atoms with Crippen molar-refractivity contribution in [1.29, 1.82) is 0 Å². The first kappa shape index (κ1) is 13.3. The highest BCUT2D eigenvalue weighted by Gasteiger charge is 2.18. The average Bonchev–Trinajstić information content (AvgIpc) is 2.21. The van der Waals surface area contributed by atoms with Crippen LogP contribution in [0.3, 0.4) is 0 Å². The smallest absolute Gasteiger partial charge is 0.417 e. The van der Waals surface area contributed by atoms with Crippen molar-refractivity contribution < 1.29 is 28.7 Å². The third-order valence-corrected chi connectivity index (χ3v) is 1.33. The Morgan fingerprint density at radius 2 is 1.40 bits per heavy atom. The summed E-state index contributed by atoms with van der Waals surface area (Å²) >= 11 is 0. The van der Waals surface area contributed by atoms with Crippen molar-refractivity contribution in [2.75, 3.05) is 13.2 Å². The Balaban J connectivity index is 3.84. The van der Waals surface area contributed by atoms with E-state index in [0.717, 1.165) is 0 Å². The summed E-state index contributed by atoms with van der Waals surface area (Å²) in [5.41, 5.74) is 0. The monoisotopic (exact) mass is 216 g/mol. The number of ether oxygens (including phenoxy) is 2. The van der Waals surface area contributed by atoms with E-state index in [4.69, 9.17) is 0 Å². The van der Waals surface area contributed by atoms with Crippen LogP contribution in [-0.2, 0) is 28.7 Å². The normalized spacial score (nSPS) is 9.20. The fourth-order valence-electron chi connectivity index (χ4n) is 0.533. The van der Waals surface area contributed by atoms with Crippen molar-refractivity contribution in [1.82, 2.24) is 0 Å². The van der Waals surface area contributed by atoms with Gasteiger partial charge in [0.1, 0.15) is 6.61 Å².